The normalized spacial score (nSPS) is 17.5. The summed E-state index contributed by atoms with van der Waals surface area (Å²) < 4.78 is 1.93. The minimum atomic E-state index is -0.539. The Balaban J connectivity index is 0.00000288. The summed E-state index contributed by atoms with van der Waals surface area (Å²) in [7, 11) is 1.65. The van der Waals surface area contributed by atoms with Gasteiger partial charge in [-0.25, -0.2) is 9.67 Å². The summed E-state index contributed by atoms with van der Waals surface area (Å²) >= 11 is 0. The maximum Gasteiger partial charge on any atom is 0.227 e. The molecule has 1 unspecified atom stereocenters. The van der Waals surface area contributed by atoms with Crippen molar-refractivity contribution in [1.82, 2.24) is 30.7 Å². The zero-order valence-corrected chi connectivity index (χ0v) is 17.1. The zero-order valence-electron chi connectivity index (χ0n) is 14.8. The van der Waals surface area contributed by atoms with Crippen LogP contribution in [0.25, 0.3) is 0 Å². The van der Waals surface area contributed by atoms with Crippen molar-refractivity contribution in [1.29, 1.82) is 0 Å². The highest BCUT2D eigenvalue weighted by Gasteiger charge is 2.27. The molecule has 0 aliphatic carbocycles. The van der Waals surface area contributed by atoms with E-state index in [1.165, 1.54) is 0 Å². The number of carbonyl (C=O) groups is 1. The number of aryl methyl sites for hydroxylation is 1. The van der Waals surface area contributed by atoms with Crippen LogP contribution in [0.1, 0.15) is 33.0 Å². The lowest BCUT2D eigenvalue weighted by Gasteiger charge is -2.26. The number of hydrogen-bond acceptors (Lipinski definition) is 4. The third-order valence-corrected chi connectivity index (χ3v) is 3.96. The predicted octanol–water partition coefficient (Wildman–Crippen LogP) is 0.538. The fourth-order valence-electron chi connectivity index (χ4n) is 2.56. The molecule has 1 amide bonds. The van der Waals surface area contributed by atoms with Crippen LogP contribution in [-0.2, 0) is 17.8 Å². The smallest absolute Gasteiger partial charge is 0.227 e. The van der Waals surface area contributed by atoms with Gasteiger partial charge in [0.2, 0.25) is 5.91 Å². The monoisotopic (exact) mass is 449 g/mol. The van der Waals surface area contributed by atoms with E-state index < -0.39 is 5.41 Å². The number of amides is 1. The second-order valence-corrected chi connectivity index (χ2v) is 6.40. The van der Waals surface area contributed by atoms with E-state index in [2.05, 4.69) is 31.0 Å². The molecule has 0 saturated carbocycles. The molecule has 1 aliphatic heterocycles. The van der Waals surface area contributed by atoms with Gasteiger partial charge in [0.05, 0.1) is 18.5 Å². The molecule has 2 rings (SSSR count). The molecule has 1 aromatic heterocycles. The Morgan fingerprint density at radius 2 is 2.25 bits per heavy atom. The Bertz CT molecular complexity index is 570. The third-order valence-electron chi connectivity index (χ3n) is 3.96. The van der Waals surface area contributed by atoms with Crippen molar-refractivity contribution in [2.24, 2.45) is 10.4 Å². The van der Waals surface area contributed by atoms with Crippen LogP contribution in [0.2, 0.25) is 0 Å². The molecule has 2 heterocycles. The second kappa shape index (κ2) is 9.19. The summed E-state index contributed by atoms with van der Waals surface area (Å²) in [6.45, 7) is 7.77. The second-order valence-electron chi connectivity index (χ2n) is 6.40. The van der Waals surface area contributed by atoms with Gasteiger partial charge in [-0.15, -0.1) is 24.0 Å². The van der Waals surface area contributed by atoms with E-state index in [0.29, 0.717) is 6.54 Å². The third kappa shape index (κ3) is 5.32. The van der Waals surface area contributed by atoms with Crippen molar-refractivity contribution in [2.75, 3.05) is 20.1 Å². The lowest BCUT2D eigenvalue weighted by molar-refractivity contribution is -0.128. The van der Waals surface area contributed by atoms with Gasteiger partial charge in [0, 0.05) is 26.1 Å². The molecule has 0 spiro atoms. The van der Waals surface area contributed by atoms with Crippen LogP contribution in [0, 0.1) is 5.41 Å². The quantitative estimate of drug-likeness (QED) is 0.347. The number of fused-ring (bicyclic) bond motifs is 1. The Hall–Kier alpha value is -1.39. The minimum Gasteiger partial charge on any atom is -0.359 e. The van der Waals surface area contributed by atoms with Gasteiger partial charge < -0.3 is 16.0 Å². The molecule has 136 valence electrons. The van der Waals surface area contributed by atoms with Crippen LogP contribution >= 0.6 is 24.0 Å². The van der Waals surface area contributed by atoms with E-state index in [4.69, 9.17) is 0 Å². The van der Waals surface area contributed by atoms with E-state index >= 15 is 0 Å². The number of guanidine groups is 1. The Morgan fingerprint density at radius 1 is 1.50 bits per heavy atom. The molecule has 0 radical (unpaired) electrons. The minimum absolute atomic E-state index is 0. The molecule has 0 fully saturated rings. The van der Waals surface area contributed by atoms with Gasteiger partial charge in [-0.05, 0) is 27.2 Å². The summed E-state index contributed by atoms with van der Waals surface area (Å²) in [5, 5.41) is 13.6. The summed E-state index contributed by atoms with van der Waals surface area (Å²) in [6.07, 6.45) is 3.49. The first kappa shape index (κ1) is 20.7. The van der Waals surface area contributed by atoms with E-state index in [1.807, 2.05) is 25.5 Å². The van der Waals surface area contributed by atoms with Crippen LogP contribution in [0.15, 0.2) is 11.3 Å². The Labute approximate surface area is 160 Å². The number of aliphatic imine (C=N–C) groups is 1. The van der Waals surface area contributed by atoms with Gasteiger partial charge in [0.15, 0.2) is 5.96 Å². The first-order valence-electron chi connectivity index (χ1n) is 8.10. The fraction of sp³-hybridized carbons (Fsp3) is 0.733. The van der Waals surface area contributed by atoms with Crippen LogP contribution in [0.5, 0.6) is 0 Å². The molecule has 3 N–H and O–H groups in total. The zero-order chi connectivity index (χ0) is 16.9. The number of aromatic nitrogens is 3. The van der Waals surface area contributed by atoms with Crippen molar-refractivity contribution in [3.8, 4) is 0 Å². The fourth-order valence-corrected chi connectivity index (χ4v) is 2.56. The number of rotatable bonds is 5. The Morgan fingerprint density at radius 3 is 2.92 bits per heavy atom. The summed E-state index contributed by atoms with van der Waals surface area (Å²) in [6, 6.07) is 0.255. The average Bonchev–Trinajstić information content (AvgIpc) is 2.99. The molecule has 24 heavy (non-hydrogen) atoms. The number of carbonyl (C=O) groups excluding carboxylic acids is 1. The lowest BCUT2D eigenvalue weighted by atomic mass is 9.93. The lowest BCUT2D eigenvalue weighted by Crippen LogP contribution is -2.47. The molecule has 9 heteroatoms. The van der Waals surface area contributed by atoms with Crippen molar-refractivity contribution >= 4 is 35.8 Å². The highest BCUT2D eigenvalue weighted by atomic mass is 127. The van der Waals surface area contributed by atoms with Crippen LogP contribution in [-0.4, -0.2) is 52.8 Å². The van der Waals surface area contributed by atoms with Crippen molar-refractivity contribution in [3.63, 3.8) is 0 Å². The van der Waals surface area contributed by atoms with E-state index in [-0.39, 0.29) is 35.9 Å². The molecule has 0 bridgehead atoms. The maximum atomic E-state index is 11.9. The molecule has 1 atom stereocenters. The molecule has 8 nitrogen and oxygen atoms in total. The predicted molar refractivity (Wildman–Crippen MR) is 105 cm³/mol. The number of hydrogen-bond donors (Lipinski definition) is 3. The summed E-state index contributed by atoms with van der Waals surface area (Å²) in [4.78, 5) is 20.7. The van der Waals surface area contributed by atoms with Gasteiger partial charge in [-0.2, -0.15) is 5.10 Å². The van der Waals surface area contributed by atoms with Crippen LogP contribution in [0.3, 0.4) is 0 Å². The van der Waals surface area contributed by atoms with Crippen LogP contribution < -0.4 is 16.0 Å². The maximum absolute atomic E-state index is 11.9. The molecule has 0 aromatic carbocycles. The van der Waals surface area contributed by atoms with E-state index in [9.17, 15) is 4.79 Å². The molecular weight excluding hydrogens is 421 g/mol. The standard InChI is InChI=1S/C15H27N7O.HI/c1-5-17-14(18-9-15(2,3)13(23)16-4)21-11-6-7-12-19-10-20-22(12)8-11;/h10-11H,5-9H2,1-4H3,(H,16,23)(H2,17,18,21);1H. The summed E-state index contributed by atoms with van der Waals surface area (Å²) in [5.74, 6) is 1.76. The number of halogens is 1. The van der Waals surface area contributed by atoms with Gasteiger partial charge in [-0.1, -0.05) is 0 Å². The molecular formula is C15H28IN7O. The topological polar surface area (TPSA) is 96.2 Å². The largest absolute Gasteiger partial charge is 0.359 e. The van der Waals surface area contributed by atoms with Crippen molar-refractivity contribution < 1.29 is 4.79 Å². The first-order chi connectivity index (χ1) is 11.0. The van der Waals surface area contributed by atoms with E-state index in [0.717, 1.165) is 37.7 Å². The van der Waals surface area contributed by atoms with Gasteiger partial charge in [-0.3, -0.25) is 9.79 Å². The molecule has 1 aliphatic rings. The van der Waals surface area contributed by atoms with Crippen LogP contribution in [0.4, 0.5) is 0 Å². The van der Waals surface area contributed by atoms with Crippen molar-refractivity contribution in [3.05, 3.63) is 12.2 Å². The first-order valence-corrected chi connectivity index (χ1v) is 8.10. The van der Waals surface area contributed by atoms with E-state index in [1.54, 1.807) is 13.4 Å². The molecule has 0 saturated heterocycles. The van der Waals surface area contributed by atoms with Crippen molar-refractivity contribution in [2.45, 2.75) is 46.2 Å². The number of nitrogens with one attached hydrogen (secondary N) is 3. The molecule has 1 aromatic rings. The highest BCUT2D eigenvalue weighted by Crippen LogP contribution is 2.15. The average molecular weight is 449 g/mol. The highest BCUT2D eigenvalue weighted by molar-refractivity contribution is 14.0. The number of nitrogens with zero attached hydrogens (tertiary/aromatic N) is 4. The SMILES string of the molecule is CCNC(=NCC(C)(C)C(=O)NC)NC1CCc2ncnn2C1.I. The summed E-state index contributed by atoms with van der Waals surface area (Å²) in [5.41, 5.74) is -0.539. The van der Waals surface area contributed by atoms with Gasteiger partial charge in [0.25, 0.3) is 0 Å². The van der Waals surface area contributed by atoms with Gasteiger partial charge >= 0.3 is 0 Å². The Kier molecular flexibility index (Phi) is 7.91. The van der Waals surface area contributed by atoms with Gasteiger partial charge in [0.1, 0.15) is 12.2 Å².